The minimum Gasteiger partial charge on any atom is -0.386 e. The first-order valence-electron chi connectivity index (χ1n) is 19.9. The minimum absolute atomic E-state index is 0.00948. The van der Waals surface area contributed by atoms with E-state index in [0.717, 1.165) is 34.7 Å². The predicted molar refractivity (Wildman–Crippen MR) is 216 cm³/mol. The average Bonchev–Trinajstić information content (AvgIpc) is 3.67. The van der Waals surface area contributed by atoms with Crippen molar-refractivity contribution in [2.45, 2.75) is 109 Å². The molecule has 0 bridgehead atoms. The van der Waals surface area contributed by atoms with Crippen molar-refractivity contribution in [3.8, 4) is 0 Å². The van der Waals surface area contributed by atoms with Gasteiger partial charge in [0.2, 0.25) is 29.7 Å². The van der Waals surface area contributed by atoms with Gasteiger partial charge in [-0.15, -0.1) is 0 Å². The first-order valence-corrected chi connectivity index (χ1v) is 22.9. The first-order chi connectivity index (χ1) is 30.1. The van der Waals surface area contributed by atoms with E-state index in [-0.39, 0.29) is 63.8 Å². The molecule has 2 saturated carbocycles. The second kappa shape index (κ2) is 17.7. The number of nitrogens with two attached hydrogens (primary N) is 1. The van der Waals surface area contributed by atoms with E-state index >= 15 is 4.39 Å². The maximum atomic E-state index is 15.6. The number of esters is 2. The number of cyclic esters (lactones) is 2. The van der Waals surface area contributed by atoms with Crippen LogP contribution in [-0.4, -0.2) is 67.6 Å². The molecule has 21 heteroatoms. The van der Waals surface area contributed by atoms with Gasteiger partial charge in [-0.25, -0.2) is 35.2 Å². The molecule has 0 radical (unpaired) electrons. The molecule has 2 fully saturated rings. The average molecular weight is 957 g/mol. The Morgan fingerprint density at radius 2 is 0.969 bits per heavy atom. The molecule has 2 aliphatic heterocycles. The van der Waals surface area contributed by atoms with E-state index in [2.05, 4.69) is 4.74 Å². The molecular weight excluding hydrogens is 917 g/mol. The normalized spacial score (nSPS) is 23.4. The van der Waals surface area contributed by atoms with Crippen LogP contribution in [0.1, 0.15) is 115 Å². The third kappa shape index (κ3) is 9.72. The van der Waals surface area contributed by atoms with Gasteiger partial charge in [0.15, 0.2) is 0 Å². The second-order valence-corrected chi connectivity index (χ2v) is 20.6. The largest absolute Gasteiger partial charge is 0.416 e. The topological polar surface area (TPSA) is 175 Å². The lowest BCUT2D eigenvalue weighted by molar-refractivity contribution is -0.138. The lowest BCUT2D eigenvalue weighted by Gasteiger charge is -2.36. The molecule has 11 nitrogen and oxygen atoms in total. The van der Waals surface area contributed by atoms with Crippen LogP contribution in [0.4, 0.5) is 35.1 Å². The van der Waals surface area contributed by atoms with Gasteiger partial charge < -0.3 is 10.5 Å². The first kappa shape index (κ1) is 48.9. The Balaban J connectivity index is 0.000000178. The van der Waals surface area contributed by atoms with Gasteiger partial charge in [0.05, 0.1) is 43.2 Å². The number of alkyl halides is 8. The number of halogens is 8. The van der Waals surface area contributed by atoms with Crippen LogP contribution in [0.5, 0.6) is 0 Å². The molecule has 0 spiro atoms. The highest BCUT2D eigenvalue weighted by molar-refractivity contribution is 7.93. The summed E-state index contributed by atoms with van der Waals surface area (Å²) in [6, 6.07) is 16.0. The van der Waals surface area contributed by atoms with Crippen molar-refractivity contribution >= 4 is 43.4 Å². The number of nitrogens with zero attached hydrogens (tertiary/aromatic N) is 1. The number of aryl methyl sites for hydroxylation is 2. The van der Waals surface area contributed by atoms with Crippen LogP contribution in [0.3, 0.4) is 0 Å². The molecule has 65 heavy (non-hydrogen) atoms. The standard InChI is InChI=1S/C22H19F4NO4S.C13H18FNO2S.C9H3F3O3/c1-13-3-2-4-16(11-13)32(30,31)21(23)9-7-15(8-10-21)27-19(28)17-6-5-14(22(24,25)26)12-18(17)20(27)29;1-10-3-2-4-12(9-10)18(16,17)13(14)7-5-11(15)6-8-13;10-9(11,12)4-1-2-5-6(3-4)8(14)15-7(5)13/h2-6,11-12,15H,7-10H2,1H3;2-4,9,11H,5-8,15H2,1H3;1-3H. The number of hydrogen-bond acceptors (Lipinski definition) is 10. The Kier molecular flexibility index (Phi) is 13.3. The van der Waals surface area contributed by atoms with Crippen LogP contribution < -0.4 is 5.73 Å². The van der Waals surface area contributed by atoms with Gasteiger partial charge in [-0.2, -0.15) is 26.3 Å². The zero-order valence-corrected chi connectivity index (χ0v) is 36.1. The maximum absolute atomic E-state index is 15.6. The summed E-state index contributed by atoms with van der Waals surface area (Å²) in [5, 5.41) is -4.71. The summed E-state index contributed by atoms with van der Waals surface area (Å²) < 4.78 is 161. The fraction of sp³-hybridized carbons (Fsp3) is 0.364. The van der Waals surface area contributed by atoms with Gasteiger partial charge in [0.25, 0.3) is 11.8 Å². The molecule has 4 aromatic carbocycles. The summed E-state index contributed by atoms with van der Waals surface area (Å²) in [6.45, 7) is 3.48. The quantitative estimate of drug-likeness (QED) is 0.0880. The van der Waals surface area contributed by atoms with Gasteiger partial charge in [-0.1, -0.05) is 24.3 Å². The SMILES string of the molecule is Cc1cccc(S(=O)(=O)C2(F)CCC(N)CC2)c1.Cc1cccc(S(=O)(=O)C2(F)CCC(N3C(=O)c4ccc(C(F)(F)F)cc4C3=O)CC2)c1.O=C1OC(=O)c2cc(C(F)(F)F)ccc21. The van der Waals surface area contributed by atoms with Crippen molar-refractivity contribution in [1.29, 1.82) is 0 Å². The fourth-order valence-corrected chi connectivity index (χ4v) is 11.5. The van der Waals surface area contributed by atoms with Gasteiger partial charge in [0, 0.05) is 12.1 Å². The highest BCUT2D eigenvalue weighted by atomic mass is 32.2. The lowest BCUT2D eigenvalue weighted by atomic mass is 9.92. The van der Waals surface area contributed by atoms with Crippen LogP contribution in [0.2, 0.25) is 0 Å². The summed E-state index contributed by atoms with van der Waals surface area (Å²) >= 11 is 0. The van der Waals surface area contributed by atoms with Crippen molar-refractivity contribution in [2.24, 2.45) is 5.73 Å². The zero-order valence-electron chi connectivity index (χ0n) is 34.4. The molecule has 0 unspecified atom stereocenters. The Labute approximate surface area is 367 Å². The number of fused-ring (bicyclic) bond motifs is 2. The molecule has 4 aliphatic rings. The summed E-state index contributed by atoms with van der Waals surface area (Å²) in [5.74, 6) is -3.59. The number of sulfone groups is 2. The zero-order chi connectivity index (χ0) is 48.1. The molecule has 2 N–H and O–H groups in total. The molecule has 4 aromatic rings. The van der Waals surface area contributed by atoms with E-state index in [9.17, 15) is 66.7 Å². The van der Waals surface area contributed by atoms with Crippen LogP contribution in [0, 0.1) is 13.8 Å². The van der Waals surface area contributed by atoms with Gasteiger partial charge >= 0.3 is 24.3 Å². The monoisotopic (exact) mass is 956 g/mol. The van der Waals surface area contributed by atoms with Crippen molar-refractivity contribution in [3.05, 3.63) is 129 Å². The van der Waals surface area contributed by atoms with Crippen molar-refractivity contribution in [3.63, 3.8) is 0 Å². The molecule has 0 aromatic heterocycles. The number of ether oxygens (including phenoxy) is 1. The maximum Gasteiger partial charge on any atom is 0.416 e. The van der Waals surface area contributed by atoms with Crippen molar-refractivity contribution in [2.75, 3.05) is 0 Å². The smallest absolute Gasteiger partial charge is 0.386 e. The Hall–Kier alpha value is -5.54. The third-order valence-corrected chi connectivity index (χ3v) is 16.1. The number of amides is 2. The fourth-order valence-electron chi connectivity index (χ4n) is 7.92. The van der Waals surface area contributed by atoms with Crippen molar-refractivity contribution in [1.82, 2.24) is 4.90 Å². The number of carbonyl (C=O) groups is 4. The van der Waals surface area contributed by atoms with E-state index in [4.69, 9.17) is 5.73 Å². The summed E-state index contributed by atoms with van der Waals surface area (Å²) in [7, 11) is -8.24. The van der Waals surface area contributed by atoms with Gasteiger partial charge in [-0.05, 0) is 137 Å². The van der Waals surface area contributed by atoms with Gasteiger partial charge in [0.1, 0.15) is 0 Å². The van der Waals surface area contributed by atoms with Crippen molar-refractivity contribution < 1.29 is 75.9 Å². The molecule has 2 heterocycles. The highest BCUT2D eigenvalue weighted by Gasteiger charge is 2.52. The number of carbonyl (C=O) groups excluding carboxylic acids is 4. The molecule has 2 aliphatic carbocycles. The second-order valence-electron chi connectivity index (χ2n) is 16.1. The molecule has 0 saturated heterocycles. The number of rotatable bonds is 5. The Bertz CT molecular complexity index is 2780. The third-order valence-electron chi connectivity index (χ3n) is 11.6. The van der Waals surface area contributed by atoms with E-state index in [1.54, 1.807) is 32.0 Å². The van der Waals surface area contributed by atoms with Crippen LogP contribution in [-0.2, 0) is 36.8 Å². The van der Waals surface area contributed by atoms with Crippen LogP contribution in [0.15, 0.2) is 94.7 Å². The summed E-state index contributed by atoms with van der Waals surface area (Å²) in [6.07, 6.45) is -9.49. The number of benzene rings is 4. The van der Waals surface area contributed by atoms with Crippen LogP contribution >= 0.6 is 0 Å². The van der Waals surface area contributed by atoms with E-state index in [0.29, 0.717) is 30.5 Å². The molecular formula is C44H40F8N2O9S2. The van der Waals surface area contributed by atoms with Crippen LogP contribution in [0.25, 0.3) is 0 Å². The van der Waals surface area contributed by atoms with Gasteiger partial charge in [-0.3, -0.25) is 14.5 Å². The minimum atomic E-state index is -4.67. The molecule has 8 rings (SSSR count). The highest BCUT2D eigenvalue weighted by Crippen LogP contribution is 2.44. The Morgan fingerprint density at radius 3 is 1.42 bits per heavy atom. The molecule has 348 valence electrons. The lowest BCUT2D eigenvalue weighted by Crippen LogP contribution is -2.47. The number of hydrogen-bond donors (Lipinski definition) is 1. The van der Waals surface area contributed by atoms with E-state index in [1.165, 1.54) is 30.3 Å². The summed E-state index contributed by atoms with van der Waals surface area (Å²) in [4.78, 5) is 48.0. The Morgan fingerprint density at radius 1 is 0.569 bits per heavy atom. The predicted octanol–water partition coefficient (Wildman–Crippen LogP) is 9.04. The molecule has 2 amide bonds. The van der Waals surface area contributed by atoms with E-state index in [1.807, 2.05) is 0 Å². The molecule has 0 atom stereocenters. The number of imide groups is 1. The summed E-state index contributed by atoms with van der Waals surface area (Å²) in [5.41, 5.74) is 4.18. The van der Waals surface area contributed by atoms with E-state index < -0.39 is 95.8 Å².